The molecule has 8 heteroatoms. The van der Waals surface area contributed by atoms with Gasteiger partial charge in [0.15, 0.2) is 0 Å². The van der Waals surface area contributed by atoms with E-state index in [-0.39, 0.29) is 17.9 Å². The molecule has 0 spiro atoms. The Kier molecular flexibility index (Phi) is 15.7. The molecule has 0 bridgehead atoms. The molecule has 0 aliphatic carbocycles. The smallest absolute Gasteiger partial charge is 0.329 e. The van der Waals surface area contributed by atoms with Crippen LogP contribution in [-0.2, 0) is 27.2 Å². The van der Waals surface area contributed by atoms with Crippen LogP contribution < -0.4 is 14.8 Å². The summed E-state index contributed by atoms with van der Waals surface area (Å²) in [6, 6.07) is 13.2. The summed E-state index contributed by atoms with van der Waals surface area (Å²) in [5.41, 5.74) is 5.48. The fourth-order valence-electron chi connectivity index (χ4n) is 6.21. The first-order chi connectivity index (χ1) is 21.7. The summed E-state index contributed by atoms with van der Waals surface area (Å²) in [4.78, 5) is 25.1. The maximum absolute atomic E-state index is 11.9. The molecule has 1 amide bonds. The summed E-state index contributed by atoms with van der Waals surface area (Å²) in [6.07, 6.45) is 10.6. The summed E-state index contributed by atoms with van der Waals surface area (Å²) >= 11 is 0. The number of carboxylic acids is 1. The number of nitrogens with one attached hydrogen (secondary N) is 1. The van der Waals surface area contributed by atoms with Gasteiger partial charge < -0.3 is 29.5 Å². The number of aryl methyl sites for hydroxylation is 2. The van der Waals surface area contributed by atoms with Crippen LogP contribution >= 0.6 is 0 Å². The highest BCUT2D eigenvalue weighted by atomic mass is 16.5. The van der Waals surface area contributed by atoms with Gasteiger partial charge in [0.2, 0.25) is 5.91 Å². The summed E-state index contributed by atoms with van der Waals surface area (Å²) in [5.74, 6) is 0.563. The van der Waals surface area contributed by atoms with E-state index >= 15 is 0 Å². The van der Waals surface area contributed by atoms with Crippen LogP contribution in [0.1, 0.15) is 87.5 Å². The van der Waals surface area contributed by atoms with E-state index in [1.807, 2.05) is 0 Å². The minimum absolute atomic E-state index is 0.110. The number of benzene rings is 2. The maximum atomic E-state index is 11.9. The van der Waals surface area contributed by atoms with Crippen molar-refractivity contribution in [3.63, 3.8) is 0 Å². The minimum Gasteiger partial charge on any atom is -0.494 e. The quantitative estimate of drug-likeness (QED) is 0.153. The van der Waals surface area contributed by atoms with E-state index in [1.54, 1.807) is 0 Å². The van der Waals surface area contributed by atoms with Crippen molar-refractivity contribution in [2.24, 2.45) is 5.41 Å². The van der Waals surface area contributed by atoms with Crippen molar-refractivity contribution in [1.29, 1.82) is 0 Å². The van der Waals surface area contributed by atoms with Crippen molar-refractivity contribution in [2.45, 2.75) is 91.9 Å². The van der Waals surface area contributed by atoms with Gasteiger partial charge in [-0.2, -0.15) is 0 Å². The number of carbonyl (C=O) groups is 2. The van der Waals surface area contributed by atoms with Gasteiger partial charge in [-0.15, -0.1) is 0 Å². The molecule has 2 aromatic carbocycles. The second-order valence-electron chi connectivity index (χ2n) is 12.8. The van der Waals surface area contributed by atoms with Gasteiger partial charge in [-0.25, -0.2) is 4.79 Å². The molecule has 8 nitrogen and oxygen atoms in total. The topological polar surface area (TPSA) is 97.3 Å². The lowest BCUT2D eigenvalue weighted by Gasteiger charge is -2.44. The number of carboxylic acid groups (broad SMARTS) is 1. The van der Waals surface area contributed by atoms with Gasteiger partial charge in [0.05, 0.1) is 13.2 Å². The Balaban J connectivity index is 1.67. The Bertz CT molecular complexity index is 1140. The number of piperidine rings is 1. The highest BCUT2D eigenvalue weighted by Gasteiger charge is 2.36. The number of aliphatic carboxylic acids is 1. The molecule has 0 saturated carbocycles. The molecule has 1 saturated heterocycles. The molecule has 1 aliphatic rings. The number of carbonyl (C=O) groups excluding carboxylic acids is 1. The van der Waals surface area contributed by atoms with E-state index in [0.29, 0.717) is 6.54 Å². The molecule has 0 radical (unpaired) electrons. The zero-order chi connectivity index (χ0) is 32.5. The number of ether oxygens (including phenoxy) is 3. The van der Waals surface area contributed by atoms with Crippen LogP contribution in [0.15, 0.2) is 36.4 Å². The lowest BCUT2D eigenvalue weighted by atomic mass is 9.70. The number of amides is 1. The summed E-state index contributed by atoms with van der Waals surface area (Å²) in [7, 11) is 0. The van der Waals surface area contributed by atoms with Crippen LogP contribution in [0.5, 0.6) is 11.5 Å². The molecule has 1 aliphatic heterocycles. The number of hydrogen-bond donors (Lipinski definition) is 2. The molecule has 3 rings (SSSR count). The fraction of sp³-hybridized carbons (Fsp3) is 0.622. The second kappa shape index (κ2) is 19.4. The van der Waals surface area contributed by atoms with Crippen molar-refractivity contribution in [3.8, 4) is 11.5 Å². The number of unbranched alkanes of at least 4 members (excludes halogenated alkanes) is 3. The van der Waals surface area contributed by atoms with E-state index in [9.17, 15) is 9.59 Å². The molecule has 250 valence electrons. The summed E-state index contributed by atoms with van der Waals surface area (Å²) in [6.45, 7) is 13.3. The largest absolute Gasteiger partial charge is 0.494 e. The average molecular weight is 625 g/mol. The molecule has 0 atom stereocenters. The Hall–Kier alpha value is -3.10. The SMILES string of the molecule is CCCCOc1ccc(CC2(Cc3ccc(OCCCC)cc3C)CCCN(CCCCNC(=O)COCC(=O)O)C2)c(C)c1. The fourth-order valence-corrected chi connectivity index (χ4v) is 6.21. The van der Waals surface area contributed by atoms with E-state index in [1.165, 1.54) is 28.7 Å². The predicted molar refractivity (Wildman–Crippen MR) is 179 cm³/mol. The predicted octanol–water partition coefficient (Wildman–Crippen LogP) is 6.53. The first kappa shape index (κ1) is 36.4. The molecule has 2 aromatic rings. The van der Waals surface area contributed by atoms with Gasteiger partial charge in [-0.1, -0.05) is 38.8 Å². The van der Waals surface area contributed by atoms with Gasteiger partial charge in [0.1, 0.15) is 24.7 Å². The number of rotatable bonds is 21. The number of hydrogen-bond acceptors (Lipinski definition) is 6. The molecule has 45 heavy (non-hydrogen) atoms. The van der Waals surface area contributed by atoms with Gasteiger partial charge in [0, 0.05) is 13.1 Å². The van der Waals surface area contributed by atoms with Crippen LogP contribution in [0, 0.1) is 19.3 Å². The summed E-state index contributed by atoms with van der Waals surface area (Å²) < 4.78 is 16.9. The van der Waals surface area contributed by atoms with Crippen molar-refractivity contribution in [3.05, 3.63) is 58.7 Å². The molecule has 1 heterocycles. The van der Waals surface area contributed by atoms with Crippen LogP contribution in [0.25, 0.3) is 0 Å². The summed E-state index contributed by atoms with van der Waals surface area (Å²) in [5, 5.41) is 11.5. The van der Waals surface area contributed by atoms with Crippen molar-refractivity contribution in [1.82, 2.24) is 10.2 Å². The molecule has 1 fully saturated rings. The molecule has 2 N–H and O–H groups in total. The molecule has 0 unspecified atom stereocenters. The highest BCUT2D eigenvalue weighted by molar-refractivity contribution is 5.77. The standard InChI is InChI=1S/C37H56N2O6/c1-5-7-20-44-33-14-12-31(29(3)22-33)24-37(25-32-13-15-34(23-30(32)4)45-21-8-6-2)16-11-19-39(28-37)18-10-9-17-38-35(40)26-43-27-36(41)42/h12-15,22-23H,5-11,16-21,24-28H2,1-4H3,(H,38,40)(H,41,42). The normalized spacial score (nSPS) is 14.7. The van der Waals surface area contributed by atoms with Crippen LogP contribution in [0.2, 0.25) is 0 Å². The minimum atomic E-state index is -1.08. The van der Waals surface area contributed by atoms with E-state index < -0.39 is 12.6 Å². The van der Waals surface area contributed by atoms with E-state index in [0.717, 1.165) is 102 Å². The van der Waals surface area contributed by atoms with Crippen molar-refractivity contribution in [2.75, 3.05) is 52.6 Å². The lowest BCUT2D eigenvalue weighted by molar-refractivity contribution is -0.143. The third-order valence-corrected chi connectivity index (χ3v) is 8.71. The number of nitrogens with zero attached hydrogens (tertiary/aromatic N) is 1. The Morgan fingerprint density at radius 2 is 1.47 bits per heavy atom. The average Bonchev–Trinajstić information content (AvgIpc) is 3.00. The maximum Gasteiger partial charge on any atom is 0.329 e. The molecule has 0 aromatic heterocycles. The number of likely N-dealkylation sites (tertiary alicyclic amines) is 1. The highest BCUT2D eigenvalue weighted by Crippen LogP contribution is 2.39. The Morgan fingerprint density at radius 1 is 0.867 bits per heavy atom. The van der Waals surface area contributed by atoms with Gasteiger partial charge in [-0.3, -0.25) is 4.79 Å². The Labute approximate surface area is 270 Å². The van der Waals surface area contributed by atoms with Crippen LogP contribution in [0.3, 0.4) is 0 Å². The lowest BCUT2D eigenvalue weighted by Crippen LogP contribution is -2.46. The van der Waals surface area contributed by atoms with Crippen LogP contribution in [0.4, 0.5) is 0 Å². The second-order valence-corrected chi connectivity index (χ2v) is 12.8. The van der Waals surface area contributed by atoms with Crippen molar-refractivity contribution >= 4 is 11.9 Å². The van der Waals surface area contributed by atoms with Crippen LogP contribution in [-0.4, -0.2) is 74.5 Å². The first-order valence-electron chi connectivity index (χ1n) is 17.0. The van der Waals surface area contributed by atoms with E-state index in [4.69, 9.17) is 19.3 Å². The third-order valence-electron chi connectivity index (χ3n) is 8.71. The van der Waals surface area contributed by atoms with Gasteiger partial charge in [0.25, 0.3) is 0 Å². The van der Waals surface area contributed by atoms with Gasteiger partial charge in [-0.05, 0) is 130 Å². The first-order valence-corrected chi connectivity index (χ1v) is 17.0. The third kappa shape index (κ3) is 13.0. The van der Waals surface area contributed by atoms with E-state index in [2.05, 4.69) is 74.3 Å². The van der Waals surface area contributed by atoms with Crippen molar-refractivity contribution < 1.29 is 28.9 Å². The molecular formula is C37H56N2O6. The zero-order valence-corrected chi connectivity index (χ0v) is 28.1. The molecular weight excluding hydrogens is 568 g/mol. The monoisotopic (exact) mass is 624 g/mol. The Morgan fingerprint density at radius 3 is 2.00 bits per heavy atom. The van der Waals surface area contributed by atoms with Gasteiger partial charge >= 0.3 is 5.97 Å². The zero-order valence-electron chi connectivity index (χ0n) is 28.1.